The number of amides is 1. The molecule has 0 spiro atoms. The lowest BCUT2D eigenvalue weighted by molar-refractivity contribution is -0.143. The van der Waals surface area contributed by atoms with Gasteiger partial charge in [-0.2, -0.15) is 5.26 Å². The lowest BCUT2D eigenvalue weighted by Crippen LogP contribution is -2.54. The average molecular weight is 314 g/mol. The zero-order valence-corrected chi connectivity index (χ0v) is 13.1. The number of morpholine rings is 1. The number of aliphatic hydroxyl groups excluding tert-OH is 1. The summed E-state index contributed by atoms with van der Waals surface area (Å²) < 4.78 is 5.56. The molecule has 1 saturated heterocycles. The van der Waals surface area contributed by atoms with Gasteiger partial charge in [0.2, 0.25) is 5.91 Å². The zero-order chi connectivity index (χ0) is 16.2. The van der Waals surface area contributed by atoms with Gasteiger partial charge in [-0.05, 0) is 30.5 Å². The van der Waals surface area contributed by atoms with Gasteiger partial charge in [0, 0.05) is 12.5 Å². The van der Waals surface area contributed by atoms with Gasteiger partial charge in [-0.15, -0.1) is 0 Å². The lowest BCUT2D eigenvalue weighted by Gasteiger charge is -2.40. The summed E-state index contributed by atoms with van der Waals surface area (Å²) in [6, 6.07) is 9.19. The van der Waals surface area contributed by atoms with Crippen molar-refractivity contribution in [3.05, 3.63) is 35.4 Å². The van der Waals surface area contributed by atoms with Crippen LogP contribution >= 0.6 is 0 Å². The third kappa shape index (κ3) is 3.54. The molecular formula is C18H22N2O3. The van der Waals surface area contributed by atoms with E-state index >= 15 is 0 Å². The first-order valence-corrected chi connectivity index (χ1v) is 8.23. The second-order valence-corrected chi connectivity index (χ2v) is 6.38. The summed E-state index contributed by atoms with van der Waals surface area (Å²) in [6.07, 6.45) is 2.78. The Morgan fingerprint density at radius 2 is 2.13 bits per heavy atom. The Labute approximate surface area is 136 Å². The number of carbonyl (C=O) groups excluding carboxylic acids is 1. The number of benzene rings is 1. The van der Waals surface area contributed by atoms with E-state index in [-0.39, 0.29) is 24.0 Å². The molecule has 23 heavy (non-hydrogen) atoms. The minimum atomic E-state index is -0.327. The van der Waals surface area contributed by atoms with E-state index in [4.69, 9.17) is 10.00 Å². The average Bonchev–Trinajstić information content (AvgIpc) is 3.01. The summed E-state index contributed by atoms with van der Waals surface area (Å²) in [5, 5.41) is 19.0. The molecule has 1 N–H and O–H groups in total. The van der Waals surface area contributed by atoms with Gasteiger partial charge in [0.25, 0.3) is 0 Å². The number of hydrogen-bond acceptors (Lipinski definition) is 4. The molecule has 1 saturated carbocycles. The first-order valence-electron chi connectivity index (χ1n) is 8.23. The van der Waals surface area contributed by atoms with E-state index < -0.39 is 0 Å². The van der Waals surface area contributed by atoms with Crippen molar-refractivity contribution in [1.29, 1.82) is 5.26 Å². The fourth-order valence-electron chi connectivity index (χ4n) is 3.68. The predicted octanol–water partition coefficient (Wildman–Crippen LogP) is 1.49. The Morgan fingerprint density at radius 3 is 2.78 bits per heavy atom. The van der Waals surface area contributed by atoms with Gasteiger partial charge in [-0.25, -0.2) is 0 Å². The van der Waals surface area contributed by atoms with Crippen molar-refractivity contribution in [2.45, 2.75) is 37.8 Å². The standard InChI is InChI=1S/C18H22N2O3/c19-11-14-6-4-13(5-7-14)10-18(22)20-8-9-23-12-16(20)15-2-1-3-17(15)21/h4-7,15-17,21H,1-3,8-10,12H2/t15-,16-,17+/m1/s1. The molecule has 1 amide bonds. The van der Waals surface area contributed by atoms with Crippen LogP contribution in [0, 0.1) is 17.2 Å². The largest absolute Gasteiger partial charge is 0.393 e. The van der Waals surface area contributed by atoms with Crippen LogP contribution in [0.15, 0.2) is 24.3 Å². The van der Waals surface area contributed by atoms with Crippen LogP contribution in [0.1, 0.15) is 30.4 Å². The molecule has 3 rings (SSSR count). The van der Waals surface area contributed by atoms with Crippen LogP contribution in [0.25, 0.3) is 0 Å². The summed E-state index contributed by atoms with van der Waals surface area (Å²) in [5.74, 6) is 0.197. The molecule has 1 aliphatic carbocycles. The van der Waals surface area contributed by atoms with Crippen molar-refractivity contribution in [2.24, 2.45) is 5.92 Å². The molecule has 5 nitrogen and oxygen atoms in total. The van der Waals surface area contributed by atoms with E-state index in [1.54, 1.807) is 12.1 Å². The molecular weight excluding hydrogens is 292 g/mol. The van der Waals surface area contributed by atoms with Crippen LogP contribution in [-0.2, 0) is 16.0 Å². The monoisotopic (exact) mass is 314 g/mol. The second-order valence-electron chi connectivity index (χ2n) is 6.38. The van der Waals surface area contributed by atoms with Crippen LogP contribution in [0.5, 0.6) is 0 Å². The first kappa shape index (κ1) is 16.0. The second kappa shape index (κ2) is 7.12. The summed E-state index contributed by atoms with van der Waals surface area (Å²) >= 11 is 0. The van der Waals surface area contributed by atoms with Crippen molar-refractivity contribution in [1.82, 2.24) is 4.90 Å². The molecule has 1 aliphatic heterocycles. The molecule has 0 unspecified atom stereocenters. The molecule has 2 fully saturated rings. The highest BCUT2D eigenvalue weighted by atomic mass is 16.5. The van der Waals surface area contributed by atoms with Gasteiger partial charge >= 0.3 is 0 Å². The molecule has 0 bridgehead atoms. The Bertz CT molecular complexity index is 593. The molecule has 1 aromatic carbocycles. The molecule has 122 valence electrons. The van der Waals surface area contributed by atoms with Crippen LogP contribution in [-0.4, -0.2) is 47.8 Å². The quantitative estimate of drug-likeness (QED) is 0.917. The minimum Gasteiger partial charge on any atom is -0.393 e. The minimum absolute atomic E-state index is 0.0212. The van der Waals surface area contributed by atoms with Crippen LogP contribution in [0.2, 0.25) is 0 Å². The van der Waals surface area contributed by atoms with E-state index in [9.17, 15) is 9.90 Å². The van der Waals surface area contributed by atoms with Crippen molar-refractivity contribution in [3.63, 3.8) is 0 Å². The summed E-state index contributed by atoms with van der Waals surface area (Å²) in [5.41, 5.74) is 1.51. The molecule has 1 heterocycles. The molecule has 1 aromatic rings. The maximum absolute atomic E-state index is 12.7. The highest BCUT2D eigenvalue weighted by molar-refractivity contribution is 5.79. The van der Waals surface area contributed by atoms with E-state index in [1.807, 2.05) is 17.0 Å². The van der Waals surface area contributed by atoms with Gasteiger partial charge in [0.1, 0.15) is 0 Å². The number of aliphatic hydroxyl groups is 1. The molecule has 3 atom stereocenters. The van der Waals surface area contributed by atoms with Crippen molar-refractivity contribution in [3.8, 4) is 6.07 Å². The lowest BCUT2D eigenvalue weighted by atomic mass is 9.93. The molecule has 0 aromatic heterocycles. The number of nitriles is 1. The van der Waals surface area contributed by atoms with Crippen molar-refractivity contribution < 1.29 is 14.6 Å². The van der Waals surface area contributed by atoms with Gasteiger partial charge in [0.05, 0.1) is 43.4 Å². The highest BCUT2D eigenvalue weighted by Gasteiger charge is 2.39. The summed E-state index contributed by atoms with van der Waals surface area (Å²) in [4.78, 5) is 14.6. The maximum atomic E-state index is 12.7. The zero-order valence-electron chi connectivity index (χ0n) is 13.1. The van der Waals surface area contributed by atoms with Gasteiger partial charge in [-0.3, -0.25) is 4.79 Å². The van der Waals surface area contributed by atoms with E-state index in [0.717, 1.165) is 24.8 Å². The predicted molar refractivity (Wildman–Crippen MR) is 84.5 cm³/mol. The van der Waals surface area contributed by atoms with Crippen LogP contribution < -0.4 is 0 Å². The van der Waals surface area contributed by atoms with Gasteiger partial charge < -0.3 is 14.7 Å². The normalized spacial score (nSPS) is 27.7. The first-order chi connectivity index (χ1) is 11.2. The Balaban J connectivity index is 1.69. The third-order valence-corrected chi connectivity index (χ3v) is 4.95. The summed E-state index contributed by atoms with van der Waals surface area (Å²) in [6.45, 7) is 1.66. The Morgan fingerprint density at radius 1 is 1.35 bits per heavy atom. The maximum Gasteiger partial charge on any atom is 0.227 e. The number of nitrogens with zero attached hydrogens (tertiary/aromatic N) is 2. The Kier molecular flexibility index (Phi) is 4.94. The molecule has 0 radical (unpaired) electrons. The molecule has 5 heteroatoms. The van der Waals surface area contributed by atoms with E-state index in [1.165, 1.54) is 0 Å². The van der Waals surface area contributed by atoms with E-state index in [0.29, 0.717) is 31.7 Å². The number of hydrogen-bond donors (Lipinski definition) is 1. The third-order valence-electron chi connectivity index (χ3n) is 4.95. The number of rotatable bonds is 3. The van der Waals surface area contributed by atoms with Crippen molar-refractivity contribution in [2.75, 3.05) is 19.8 Å². The Hall–Kier alpha value is -1.90. The smallest absolute Gasteiger partial charge is 0.227 e. The fourth-order valence-corrected chi connectivity index (χ4v) is 3.68. The van der Waals surface area contributed by atoms with Gasteiger partial charge in [-0.1, -0.05) is 18.6 Å². The van der Waals surface area contributed by atoms with E-state index in [2.05, 4.69) is 6.07 Å². The van der Waals surface area contributed by atoms with Crippen LogP contribution in [0.4, 0.5) is 0 Å². The fraction of sp³-hybridized carbons (Fsp3) is 0.556. The molecule has 2 aliphatic rings. The number of ether oxygens (including phenoxy) is 1. The van der Waals surface area contributed by atoms with Crippen molar-refractivity contribution >= 4 is 5.91 Å². The summed E-state index contributed by atoms with van der Waals surface area (Å²) in [7, 11) is 0. The van der Waals surface area contributed by atoms with Crippen LogP contribution in [0.3, 0.4) is 0 Å². The highest BCUT2D eigenvalue weighted by Crippen LogP contribution is 2.32. The topological polar surface area (TPSA) is 73.6 Å². The SMILES string of the molecule is N#Cc1ccc(CC(=O)N2CCOC[C@@H]2[C@H]2CCC[C@@H]2O)cc1. The number of carbonyl (C=O) groups is 1. The van der Waals surface area contributed by atoms with Gasteiger partial charge in [0.15, 0.2) is 0 Å².